The number of aromatic carboxylic acids is 1. The first-order valence-corrected chi connectivity index (χ1v) is 7.99. The summed E-state index contributed by atoms with van der Waals surface area (Å²) < 4.78 is 6.74. The number of carbonyl (C=O) groups is 1. The molecule has 3 rings (SSSR count). The highest BCUT2D eigenvalue weighted by molar-refractivity contribution is 9.10. The van der Waals surface area contributed by atoms with Crippen LogP contribution in [0.3, 0.4) is 0 Å². The molecule has 25 heavy (non-hydrogen) atoms. The zero-order chi connectivity index (χ0) is 18.1. The molecule has 0 aliphatic heterocycles. The van der Waals surface area contributed by atoms with E-state index >= 15 is 0 Å². The van der Waals surface area contributed by atoms with Gasteiger partial charge in [-0.1, -0.05) is 12.1 Å². The van der Waals surface area contributed by atoms with Crippen molar-refractivity contribution in [3.05, 3.63) is 62.6 Å². The lowest BCUT2D eigenvalue weighted by Crippen LogP contribution is -2.22. The predicted molar refractivity (Wildman–Crippen MR) is 94.4 cm³/mol. The van der Waals surface area contributed by atoms with Crippen LogP contribution in [0.4, 0.5) is 0 Å². The van der Waals surface area contributed by atoms with Crippen LogP contribution in [0.1, 0.15) is 16.1 Å². The normalized spacial score (nSPS) is 10.8. The zero-order valence-electron chi connectivity index (χ0n) is 13.1. The van der Waals surface area contributed by atoms with Gasteiger partial charge in [-0.25, -0.2) is 9.78 Å². The lowest BCUT2D eigenvalue weighted by atomic mass is 10.1. The number of nitrogens with zero attached hydrogens (tertiary/aromatic N) is 2. The van der Waals surface area contributed by atoms with Gasteiger partial charge in [0.25, 0.3) is 5.56 Å². The quantitative estimate of drug-likeness (QED) is 0.692. The van der Waals surface area contributed by atoms with Crippen molar-refractivity contribution in [3.8, 4) is 11.5 Å². The molecule has 0 atom stereocenters. The van der Waals surface area contributed by atoms with Crippen LogP contribution in [0.2, 0.25) is 0 Å². The molecule has 2 N–H and O–H groups in total. The number of ether oxygens (including phenoxy) is 1. The number of pyridine rings is 2. The van der Waals surface area contributed by atoms with Crippen LogP contribution in [-0.4, -0.2) is 32.8 Å². The summed E-state index contributed by atoms with van der Waals surface area (Å²) in [5, 5.41) is 19.5. The SMILES string of the molecule is COc1ccc(Cn2c(=O)c(Br)cc3c(O)c(C(=O)O)ncc32)cc1. The second kappa shape index (κ2) is 6.56. The van der Waals surface area contributed by atoms with Crippen LogP contribution in [0, 0.1) is 0 Å². The average Bonchev–Trinajstić information content (AvgIpc) is 2.60. The summed E-state index contributed by atoms with van der Waals surface area (Å²) in [5.41, 5.74) is 0.400. The minimum Gasteiger partial charge on any atom is -0.505 e. The van der Waals surface area contributed by atoms with Crippen molar-refractivity contribution < 1.29 is 19.7 Å². The third kappa shape index (κ3) is 3.08. The Morgan fingerprint density at radius 2 is 2.00 bits per heavy atom. The number of carboxylic acid groups (broad SMARTS) is 1. The van der Waals surface area contributed by atoms with Gasteiger partial charge in [0, 0.05) is 5.39 Å². The van der Waals surface area contributed by atoms with Crippen LogP contribution >= 0.6 is 15.9 Å². The summed E-state index contributed by atoms with van der Waals surface area (Å²) in [6, 6.07) is 8.58. The van der Waals surface area contributed by atoms with E-state index in [1.807, 2.05) is 12.1 Å². The van der Waals surface area contributed by atoms with Crippen molar-refractivity contribution in [1.29, 1.82) is 0 Å². The van der Waals surface area contributed by atoms with Crippen molar-refractivity contribution >= 4 is 32.8 Å². The van der Waals surface area contributed by atoms with Crippen LogP contribution in [0.15, 0.2) is 45.8 Å². The summed E-state index contributed by atoms with van der Waals surface area (Å²) in [7, 11) is 1.57. The van der Waals surface area contributed by atoms with E-state index in [1.165, 1.54) is 16.8 Å². The van der Waals surface area contributed by atoms with E-state index in [0.717, 1.165) is 5.56 Å². The summed E-state index contributed by atoms with van der Waals surface area (Å²) in [5.74, 6) is -1.13. The highest BCUT2D eigenvalue weighted by Gasteiger charge is 2.18. The Balaban J connectivity index is 2.19. The fraction of sp³-hybridized carbons (Fsp3) is 0.118. The Labute approximate surface area is 150 Å². The maximum Gasteiger partial charge on any atom is 0.358 e. The van der Waals surface area contributed by atoms with Crippen LogP contribution in [0.25, 0.3) is 10.9 Å². The van der Waals surface area contributed by atoms with Gasteiger partial charge in [-0.2, -0.15) is 0 Å². The second-order valence-electron chi connectivity index (χ2n) is 5.29. The van der Waals surface area contributed by atoms with Crippen molar-refractivity contribution in [2.45, 2.75) is 6.54 Å². The van der Waals surface area contributed by atoms with Gasteiger partial charge >= 0.3 is 5.97 Å². The van der Waals surface area contributed by atoms with Gasteiger partial charge in [0.2, 0.25) is 0 Å². The molecule has 0 aliphatic rings. The maximum atomic E-state index is 12.5. The largest absolute Gasteiger partial charge is 0.505 e. The molecule has 2 aromatic heterocycles. The molecule has 0 amide bonds. The molecule has 3 aromatic rings. The van der Waals surface area contributed by atoms with E-state index in [-0.39, 0.29) is 22.0 Å². The zero-order valence-corrected chi connectivity index (χ0v) is 14.6. The van der Waals surface area contributed by atoms with Gasteiger partial charge in [-0.15, -0.1) is 0 Å². The monoisotopic (exact) mass is 404 g/mol. The van der Waals surface area contributed by atoms with Crippen LogP contribution in [-0.2, 0) is 6.54 Å². The Kier molecular flexibility index (Phi) is 4.45. The van der Waals surface area contributed by atoms with Gasteiger partial charge in [0.15, 0.2) is 11.4 Å². The van der Waals surface area contributed by atoms with Crippen LogP contribution in [0.5, 0.6) is 11.5 Å². The fourth-order valence-corrected chi connectivity index (χ4v) is 2.96. The van der Waals surface area contributed by atoms with E-state index in [4.69, 9.17) is 9.84 Å². The highest BCUT2D eigenvalue weighted by atomic mass is 79.9. The predicted octanol–water partition coefficient (Wildman–Crippen LogP) is 2.62. The van der Waals surface area contributed by atoms with Gasteiger partial charge in [0.05, 0.1) is 29.8 Å². The Hall–Kier alpha value is -2.87. The number of aromatic nitrogens is 2. The van der Waals surface area contributed by atoms with Gasteiger partial charge in [-0.05, 0) is 39.7 Å². The molecule has 0 saturated heterocycles. The molecule has 0 bridgehead atoms. The van der Waals surface area contributed by atoms with E-state index in [9.17, 15) is 14.7 Å². The molecule has 1 aromatic carbocycles. The summed E-state index contributed by atoms with van der Waals surface area (Å²) in [6.07, 6.45) is 1.27. The smallest absolute Gasteiger partial charge is 0.358 e. The lowest BCUT2D eigenvalue weighted by molar-refractivity contribution is 0.0687. The third-order valence-electron chi connectivity index (χ3n) is 3.78. The van der Waals surface area contributed by atoms with Gasteiger partial charge in [-0.3, -0.25) is 4.79 Å². The Bertz CT molecular complexity index is 1030. The van der Waals surface area contributed by atoms with Crippen molar-refractivity contribution in [3.63, 3.8) is 0 Å². The molecular formula is C17H13BrN2O5. The van der Waals surface area contributed by atoms with Gasteiger partial charge < -0.3 is 19.5 Å². The van der Waals surface area contributed by atoms with Gasteiger partial charge in [0.1, 0.15) is 5.75 Å². The molecule has 128 valence electrons. The summed E-state index contributed by atoms with van der Waals surface area (Å²) in [6.45, 7) is 0.228. The number of carboxylic acids is 1. The number of rotatable bonds is 4. The van der Waals surface area contributed by atoms with Crippen molar-refractivity contribution in [2.75, 3.05) is 7.11 Å². The molecular weight excluding hydrogens is 392 g/mol. The lowest BCUT2D eigenvalue weighted by Gasteiger charge is -2.13. The maximum absolute atomic E-state index is 12.5. The molecule has 7 nitrogen and oxygen atoms in total. The number of benzene rings is 1. The first-order valence-electron chi connectivity index (χ1n) is 7.19. The molecule has 8 heteroatoms. The first-order chi connectivity index (χ1) is 11.9. The number of halogens is 1. The summed E-state index contributed by atoms with van der Waals surface area (Å²) >= 11 is 3.17. The minimum atomic E-state index is -1.34. The van der Waals surface area contributed by atoms with Crippen molar-refractivity contribution in [2.24, 2.45) is 0 Å². The molecule has 0 fully saturated rings. The number of hydrogen-bond donors (Lipinski definition) is 2. The topological polar surface area (TPSA) is 102 Å². The standard InChI is InChI=1S/C17H13BrN2O5/c1-25-10-4-2-9(3-5-10)8-20-13-7-19-14(17(23)24)15(21)11(13)6-12(18)16(20)22/h2-7,21H,8H2,1H3,(H,23,24). The fourth-order valence-electron chi connectivity index (χ4n) is 2.52. The third-order valence-corrected chi connectivity index (χ3v) is 4.35. The molecule has 0 saturated carbocycles. The average molecular weight is 405 g/mol. The van der Waals surface area contributed by atoms with E-state index in [1.54, 1.807) is 19.2 Å². The molecule has 0 unspecified atom stereocenters. The molecule has 2 heterocycles. The number of hydrogen-bond acceptors (Lipinski definition) is 5. The van der Waals surface area contributed by atoms with Crippen LogP contribution < -0.4 is 10.3 Å². The van der Waals surface area contributed by atoms with E-state index < -0.39 is 17.4 Å². The van der Waals surface area contributed by atoms with Crippen molar-refractivity contribution in [1.82, 2.24) is 9.55 Å². The Morgan fingerprint density at radius 3 is 2.60 bits per heavy atom. The minimum absolute atomic E-state index is 0.214. The van der Waals surface area contributed by atoms with E-state index in [2.05, 4.69) is 20.9 Å². The molecule has 0 radical (unpaired) electrons. The number of fused-ring (bicyclic) bond motifs is 1. The first kappa shape index (κ1) is 17.0. The summed E-state index contributed by atoms with van der Waals surface area (Å²) in [4.78, 5) is 27.4. The number of aromatic hydroxyl groups is 1. The number of methoxy groups -OCH3 is 1. The molecule has 0 aliphatic carbocycles. The van der Waals surface area contributed by atoms with E-state index in [0.29, 0.717) is 11.3 Å². The Morgan fingerprint density at radius 1 is 1.32 bits per heavy atom. The second-order valence-corrected chi connectivity index (χ2v) is 6.15. The highest BCUT2D eigenvalue weighted by Crippen LogP contribution is 2.28. The molecule has 0 spiro atoms.